The Morgan fingerprint density at radius 1 is 1.75 bits per heavy atom. The lowest BCUT2D eigenvalue weighted by Gasteiger charge is -2.42. The second-order valence-corrected chi connectivity index (χ2v) is 2.98. The Labute approximate surface area is 71.6 Å². The summed E-state index contributed by atoms with van der Waals surface area (Å²) in [5.41, 5.74) is 0. The van der Waals surface area contributed by atoms with Gasteiger partial charge in [-0.05, 0) is 6.42 Å². The molecule has 0 aromatic heterocycles. The van der Waals surface area contributed by atoms with E-state index in [4.69, 9.17) is 22.1 Å². The quantitative estimate of drug-likeness (QED) is 0.409. The van der Waals surface area contributed by atoms with Crippen molar-refractivity contribution in [3.8, 4) is 0 Å². The largest absolute Gasteiger partial charge is 0.367 e. The predicted molar refractivity (Wildman–Crippen MR) is 39.7 cm³/mol. The third kappa shape index (κ3) is 1.09. The first-order chi connectivity index (χ1) is 5.77. The number of aldehydes is 1. The molecule has 2 aliphatic heterocycles. The summed E-state index contributed by atoms with van der Waals surface area (Å²) in [5.74, 6) is -0.722. The van der Waals surface area contributed by atoms with Gasteiger partial charge in [0.05, 0.1) is 0 Å². The molecule has 0 amide bonds. The summed E-state index contributed by atoms with van der Waals surface area (Å²) in [5, 5.41) is 0. The molecule has 2 radical (unpaired) electrons. The smallest absolute Gasteiger partial charge is 0.219 e. The fourth-order valence-electron chi connectivity index (χ4n) is 1.55. The topological polar surface area (TPSA) is 44.8 Å². The molecule has 0 unspecified atom stereocenters. The Morgan fingerprint density at radius 2 is 2.58 bits per heavy atom. The van der Waals surface area contributed by atoms with Crippen molar-refractivity contribution in [1.82, 2.24) is 0 Å². The van der Waals surface area contributed by atoms with Crippen molar-refractivity contribution in [3.63, 3.8) is 0 Å². The molecule has 0 bridgehead atoms. The molecule has 2 aliphatic rings. The SMILES string of the molecule is [B][C@H]1C[C@@H]2OC[C@]2(OCC=O)O1. The minimum absolute atomic E-state index is 0.0343. The summed E-state index contributed by atoms with van der Waals surface area (Å²) in [7, 11) is 5.54. The Hall–Kier alpha value is -0.385. The van der Waals surface area contributed by atoms with Crippen LogP contribution in [0.5, 0.6) is 0 Å². The molecule has 12 heavy (non-hydrogen) atoms. The van der Waals surface area contributed by atoms with Crippen LogP contribution < -0.4 is 0 Å². The van der Waals surface area contributed by atoms with Crippen LogP contribution in [0.3, 0.4) is 0 Å². The number of carbonyl (C=O) groups is 1. The Balaban J connectivity index is 1.96. The van der Waals surface area contributed by atoms with Crippen LogP contribution >= 0.6 is 0 Å². The van der Waals surface area contributed by atoms with Gasteiger partial charge in [-0.2, -0.15) is 0 Å². The Bertz CT molecular complexity index is 198. The van der Waals surface area contributed by atoms with Crippen molar-refractivity contribution in [2.45, 2.75) is 24.3 Å². The second-order valence-electron chi connectivity index (χ2n) is 2.98. The van der Waals surface area contributed by atoms with E-state index < -0.39 is 5.79 Å². The molecule has 64 valence electrons. The van der Waals surface area contributed by atoms with Gasteiger partial charge in [-0.3, -0.25) is 0 Å². The van der Waals surface area contributed by atoms with Crippen LogP contribution in [-0.4, -0.2) is 45.2 Å². The van der Waals surface area contributed by atoms with Crippen molar-refractivity contribution in [3.05, 3.63) is 0 Å². The van der Waals surface area contributed by atoms with Gasteiger partial charge in [0.15, 0.2) is 0 Å². The molecule has 0 spiro atoms. The van der Waals surface area contributed by atoms with Crippen molar-refractivity contribution >= 4 is 14.1 Å². The first-order valence-electron chi connectivity index (χ1n) is 3.89. The summed E-state index contributed by atoms with van der Waals surface area (Å²) in [6.07, 6.45) is 1.24. The second kappa shape index (κ2) is 2.83. The van der Waals surface area contributed by atoms with E-state index in [9.17, 15) is 4.79 Å². The highest BCUT2D eigenvalue weighted by molar-refractivity contribution is 6.11. The maximum absolute atomic E-state index is 10.1. The first-order valence-corrected chi connectivity index (χ1v) is 3.89. The van der Waals surface area contributed by atoms with Gasteiger partial charge in [-0.15, -0.1) is 0 Å². The van der Waals surface area contributed by atoms with E-state index in [1.54, 1.807) is 0 Å². The third-order valence-corrected chi connectivity index (χ3v) is 2.17. The lowest BCUT2D eigenvalue weighted by molar-refractivity contribution is -0.343. The summed E-state index contributed by atoms with van der Waals surface area (Å²) in [4.78, 5) is 10.1. The van der Waals surface area contributed by atoms with Crippen LogP contribution in [0.4, 0.5) is 0 Å². The van der Waals surface area contributed by atoms with Crippen molar-refractivity contribution in [2.75, 3.05) is 13.2 Å². The van der Waals surface area contributed by atoms with E-state index in [1.807, 2.05) is 0 Å². The number of hydrogen-bond acceptors (Lipinski definition) is 4. The highest BCUT2D eigenvalue weighted by Gasteiger charge is 2.56. The fourth-order valence-corrected chi connectivity index (χ4v) is 1.55. The lowest BCUT2D eigenvalue weighted by atomic mass is 9.94. The molecular weight excluding hydrogens is 159 g/mol. The highest BCUT2D eigenvalue weighted by Crippen LogP contribution is 2.40. The van der Waals surface area contributed by atoms with E-state index in [2.05, 4.69) is 0 Å². The number of hydrogen-bond donors (Lipinski definition) is 0. The molecule has 2 fully saturated rings. The van der Waals surface area contributed by atoms with E-state index in [-0.39, 0.29) is 18.7 Å². The van der Waals surface area contributed by atoms with Gasteiger partial charge < -0.3 is 19.0 Å². The minimum Gasteiger partial charge on any atom is -0.367 e. The van der Waals surface area contributed by atoms with Gasteiger partial charge in [0.25, 0.3) is 0 Å². The molecule has 5 heteroatoms. The van der Waals surface area contributed by atoms with Crippen molar-refractivity contribution in [1.29, 1.82) is 0 Å². The van der Waals surface area contributed by atoms with E-state index in [0.717, 1.165) is 0 Å². The molecule has 2 rings (SSSR count). The lowest BCUT2D eigenvalue weighted by Crippen LogP contribution is -2.57. The summed E-state index contributed by atoms with van der Waals surface area (Å²) in [6, 6.07) is -0.329. The Morgan fingerprint density at radius 3 is 3.08 bits per heavy atom. The zero-order valence-corrected chi connectivity index (χ0v) is 6.56. The standard InChI is InChI=1S/C7H9BO4/c8-6-3-5-7(12-6,4-10-5)11-2-1-9/h1,5-6H,2-4H2/t5-,6+,7-/m0/s1. The van der Waals surface area contributed by atoms with Crippen LogP contribution in [0, 0.1) is 0 Å². The molecule has 0 aliphatic carbocycles. The number of carbonyl (C=O) groups excluding carboxylic acids is 1. The fraction of sp³-hybridized carbons (Fsp3) is 0.857. The average molecular weight is 168 g/mol. The van der Waals surface area contributed by atoms with Crippen LogP contribution in [-0.2, 0) is 19.0 Å². The van der Waals surface area contributed by atoms with Gasteiger partial charge in [0, 0.05) is 6.00 Å². The predicted octanol–water partition coefficient (Wildman–Crippen LogP) is -0.788. The average Bonchev–Trinajstić information content (AvgIpc) is 2.25. The number of fused-ring (bicyclic) bond motifs is 1. The van der Waals surface area contributed by atoms with Crippen molar-refractivity contribution in [2.24, 2.45) is 0 Å². The molecule has 0 N–H and O–H groups in total. The van der Waals surface area contributed by atoms with Gasteiger partial charge in [0.2, 0.25) is 5.79 Å². The van der Waals surface area contributed by atoms with E-state index in [0.29, 0.717) is 19.3 Å². The van der Waals surface area contributed by atoms with Crippen LogP contribution in [0.15, 0.2) is 0 Å². The van der Waals surface area contributed by atoms with Crippen LogP contribution in [0.1, 0.15) is 6.42 Å². The van der Waals surface area contributed by atoms with Crippen LogP contribution in [0.2, 0.25) is 0 Å². The Kier molecular flexibility index (Phi) is 1.94. The molecule has 0 aromatic rings. The van der Waals surface area contributed by atoms with E-state index in [1.165, 1.54) is 0 Å². The summed E-state index contributed by atoms with van der Waals surface area (Å²) >= 11 is 0. The molecule has 2 heterocycles. The monoisotopic (exact) mass is 168 g/mol. The normalized spacial score (nSPS) is 45.0. The summed E-state index contributed by atoms with van der Waals surface area (Å²) < 4.78 is 15.7. The minimum atomic E-state index is -0.722. The maximum Gasteiger partial charge on any atom is 0.219 e. The highest BCUT2D eigenvalue weighted by atomic mass is 16.8. The molecule has 3 atom stereocenters. The molecular formula is C7H9BO4. The number of ether oxygens (including phenoxy) is 3. The first kappa shape index (κ1) is 8.22. The molecule has 4 nitrogen and oxygen atoms in total. The third-order valence-electron chi connectivity index (χ3n) is 2.17. The molecule has 0 saturated carbocycles. The molecule has 2 saturated heterocycles. The van der Waals surface area contributed by atoms with Gasteiger partial charge in [-0.25, -0.2) is 0 Å². The van der Waals surface area contributed by atoms with Gasteiger partial charge in [0.1, 0.15) is 33.5 Å². The van der Waals surface area contributed by atoms with Crippen molar-refractivity contribution < 1.29 is 19.0 Å². The van der Waals surface area contributed by atoms with Gasteiger partial charge >= 0.3 is 0 Å². The van der Waals surface area contributed by atoms with E-state index >= 15 is 0 Å². The van der Waals surface area contributed by atoms with Crippen LogP contribution in [0.25, 0.3) is 0 Å². The maximum atomic E-state index is 10.1. The zero-order chi connectivity index (χ0) is 8.60. The van der Waals surface area contributed by atoms with Gasteiger partial charge in [-0.1, -0.05) is 0 Å². The number of rotatable bonds is 3. The summed E-state index contributed by atoms with van der Waals surface area (Å²) in [6.45, 7) is 0.409. The molecule has 0 aromatic carbocycles. The zero-order valence-electron chi connectivity index (χ0n) is 6.56.